The van der Waals surface area contributed by atoms with Crippen molar-refractivity contribution in [2.45, 2.75) is 33.2 Å². The van der Waals surface area contributed by atoms with Gasteiger partial charge in [-0.1, -0.05) is 6.92 Å². The van der Waals surface area contributed by atoms with Gasteiger partial charge in [0.05, 0.1) is 17.2 Å². The molecule has 2 heterocycles. The topological polar surface area (TPSA) is 50.7 Å². The van der Waals surface area contributed by atoms with Gasteiger partial charge in [0.15, 0.2) is 0 Å². The molecule has 6 heteroatoms. The van der Waals surface area contributed by atoms with Crippen molar-refractivity contribution in [1.29, 1.82) is 0 Å². The Morgan fingerprint density at radius 1 is 1.38 bits per heavy atom. The Morgan fingerprint density at radius 3 is 2.94 bits per heavy atom. The molecule has 0 radical (unpaired) electrons. The number of anilines is 1. The zero-order valence-corrected chi connectivity index (χ0v) is 11.0. The highest BCUT2D eigenvalue weighted by molar-refractivity contribution is 7.10. The summed E-state index contributed by atoms with van der Waals surface area (Å²) >= 11 is 3.09. The van der Waals surface area contributed by atoms with E-state index in [-0.39, 0.29) is 0 Å². The van der Waals surface area contributed by atoms with Crippen LogP contribution in [-0.4, -0.2) is 14.3 Å². The van der Waals surface area contributed by atoms with Crippen LogP contribution in [0.3, 0.4) is 0 Å². The summed E-state index contributed by atoms with van der Waals surface area (Å²) in [6.45, 7) is 4.87. The third-order valence-electron chi connectivity index (χ3n) is 2.03. The number of thiazole rings is 1. The van der Waals surface area contributed by atoms with E-state index >= 15 is 0 Å². The van der Waals surface area contributed by atoms with Gasteiger partial charge in [0.25, 0.3) is 0 Å². The number of aromatic nitrogens is 3. The van der Waals surface area contributed by atoms with Crippen LogP contribution in [-0.2, 0) is 13.0 Å². The molecule has 1 N–H and O–H groups in total. The van der Waals surface area contributed by atoms with Gasteiger partial charge in [-0.2, -0.15) is 4.37 Å². The van der Waals surface area contributed by atoms with Crippen LogP contribution in [0.4, 0.5) is 5.13 Å². The Kier molecular flexibility index (Phi) is 3.84. The predicted molar refractivity (Wildman–Crippen MR) is 68.1 cm³/mol. The molecule has 2 rings (SSSR count). The molecule has 0 saturated heterocycles. The number of rotatable bonds is 5. The number of hydrogen-bond acceptors (Lipinski definition) is 6. The van der Waals surface area contributed by atoms with Gasteiger partial charge >= 0.3 is 0 Å². The lowest BCUT2D eigenvalue weighted by Crippen LogP contribution is -1.99. The molecule has 4 nitrogen and oxygen atoms in total. The van der Waals surface area contributed by atoms with Crippen LogP contribution in [0.1, 0.15) is 29.9 Å². The van der Waals surface area contributed by atoms with Gasteiger partial charge in [0.2, 0.25) is 5.13 Å². The minimum atomic E-state index is 0.727. The first-order valence-corrected chi connectivity index (χ1v) is 6.90. The standard InChI is InChI=1S/C10H14N4S2/c1-3-4-9-13-10(16-14-9)11-5-8-6-15-7(2)12-8/h6H,3-5H2,1-2H3,(H,11,13,14). The Morgan fingerprint density at radius 2 is 2.25 bits per heavy atom. The van der Waals surface area contributed by atoms with Crippen LogP contribution < -0.4 is 5.32 Å². The number of nitrogens with one attached hydrogen (secondary N) is 1. The molecule has 0 saturated carbocycles. The van der Waals surface area contributed by atoms with Crippen LogP contribution in [0.15, 0.2) is 5.38 Å². The highest BCUT2D eigenvalue weighted by Crippen LogP contribution is 2.14. The maximum absolute atomic E-state index is 4.39. The zero-order chi connectivity index (χ0) is 11.4. The highest BCUT2D eigenvalue weighted by atomic mass is 32.1. The van der Waals surface area contributed by atoms with E-state index in [0.29, 0.717) is 0 Å². The summed E-state index contributed by atoms with van der Waals surface area (Å²) in [5.41, 5.74) is 1.06. The molecule has 0 bridgehead atoms. The summed E-state index contributed by atoms with van der Waals surface area (Å²) in [6.07, 6.45) is 2.04. The van der Waals surface area contributed by atoms with E-state index < -0.39 is 0 Å². The molecule has 86 valence electrons. The third kappa shape index (κ3) is 2.99. The van der Waals surface area contributed by atoms with Crippen molar-refractivity contribution in [2.24, 2.45) is 0 Å². The largest absolute Gasteiger partial charge is 0.355 e. The summed E-state index contributed by atoms with van der Waals surface area (Å²) in [6, 6.07) is 0. The molecule has 0 amide bonds. The molecule has 0 aromatic carbocycles. The van der Waals surface area contributed by atoms with E-state index in [0.717, 1.165) is 41.0 Å². The smallest absolute Gasteiger partial charge is 0.202 e. The van der Waals surface area contributed by atoms with E-state index in [4.69, 9.17) is 0 Å². The van der Waals surface area contributed by atoms with Crippen molar-refractivity contribution in [3.8, 4) is 0 Å². The molecule has 0 atom stereocenters. The first kappa shape index (κ1) is 11.5. The average Bonchev–Trinajstić information content (AvgIpc) is 2.85. The summed E-state index contributed by atoms with van der Waals surface area (Å²) in [5, 5.41) is 7.29. The van der Waals surface area contributed by atoms with Gasteiger partial charge in [0, 0.05) is 23.3 Å². The highest BCUT2D eigenvalue weighted by Gasteiger charge is 2.03. The Balaban J connectivity index is 1.89. The Bertz CT molecular complexity index is 449. The SMILES string of the molecule is CCCc1nsc(NCc2csc(C)n2)n1. The lowest BCUT2D eigenvalue weighted by Gasteiger charge is -1.97. The molecule has 16 heavy (non-hydrogen) atoms. The lowest BCUT2D eigenvalue weighted by molar-refractivity contribution is 0.860. The second-order valence-electron chi connectivity index (χ2n) is 3.48. The Labute approximate surface area is 103 Å². The summed E-state index contributed by atoms with van der Waals surface area (Å²) in [4.78, 5) is 8.78. The van der Waals surface area contributed by atoms with Crippen molar-refractivity contribution >= 4 is 28.0 Å². The summed E-state index contributed by atoms with van der Waals surface area (Å²) < 4.78 is 4.27. The van der Waals surface area contributed by atoms with Gasteiger partial charge in [-0.15, -0.1) is 11.3 Å². The summed E-state index contributed by atoms with van der Waals surface area (Å²) in [7, 11) is 0. The van der Waals surface area contributed by atoms with Gasteiger partial charge in [-0.25, -0.2) is 9.97 Å². The molecular weight excluding hydrogens is 240 g/mol. The molecule has 0 spiro atoms. The fraction of sp³-hybridized carbons (Fsp3) is 0.500. The van der Waals surface area contributed by atoms with Crippen LogP contribution in [0.5, 0.6) is 0 Å². The number of hydrogen-bond donors (Lipinski definition) is 1. The molecule has 0 fully saturated rings. The second-order valence-corrected chi connectivity index (χ2v) is 5.29. The number of aryl methyl sites for hydroxylation is 2. The van der Waals surface area contributed by atoms with Crippen molar-refractivity contribution < 1.29 is 0 Å². The second kappa shape index (κ2) is 5.36. The van der Waals surface area contributed by atoms with Crippen molar-refractivity contribution in [1.82, 2.24) is 14.3 Å². The van der Waals surface area contributed by atoms with E-state index in [9.17, 15) is 0 Å². The maximum Gasteiger partial charge on any atom is 0.202 e. The molecule has 0 aliphatic rings. The van der Waals surface area contributed by atoms with E-state index in [1.807, 2.05) is 6.92 Å². The minimum absolute atomic E-state index is 0.727. The first-order chi connectivity index (χ1) is 7.78. The fourth-order valence-electron chi connectivity index (χ4n) is 1.31. The Hall–Kier alpha value is -1.01. The van der Waals surface area contributed by atoms with Crippen LogP contribution in [0.2, 0.25) is 0 Å². The van der Waals surface area contributed by atoms with Gasteiger partial charge < -0.3 is 5.32 Å². The van der Waals surface area contributed by atoms with Crippen LogP contribution in [0.25, 0.3) is 0 Å². The molecule has 0 aliphatic heterocycles. The number of nitrogens with zero attached hydrogens (tertiary/aromatic N) is 3. The van der Waals surface area contributed by atoms with Crippen LogP contribution in [0, 0.1) is 6.92 Å². The quantitative estimate of drug-likeness (QED) is 0.891. The van der Waals surface area contributed by atoms with Gasteiger partial charge in [0.1, 0.15) is 5.82 Å². The average molecular weight is 254 g/mol. The molecule has 2 aromatic rings. The minimum Gasteiger partial charge on any atom is -0.355 e. The third-order valence-corrected chi connectivity index (χ3v) is 3.56. The van der Waals surface area contributed by atoms with E-state index in [2.05, 4.69) is 32.0 Å². The van der Waals surface area contributed by atoms with Crippen molar-refractivity contribution in [2.75, 3.05) is 5.32 Å². The molecule has 0 unspecified atom stereocenters. The monoisotopic (exact) mass is 254 g/mol. The zero-order valence-electron chi connectivity index (χ0n) is 9.36. The molecular formula is C10H14N4S2. The first-order valence-electron chi connectivity index (χ1n) is 5.25. The van der Waals surface area contributed by atoms with Gasteiger partial charge in [-0.3, -0.25) is 0 Å². The normalized spacial score (nSPS) is 10.6. The summed E-state index contributed by atoms with van der Waals surface area (Å²) in [5.74, 6) is 0.935. The predicted octanol–water partition coefficient (Wildman–Crippen LogP) is 2.87. The maximum atomic E-state index is 4.39. The van der Waals surface area contributed by atoms with Gasteiger partial charge in [-0.05, 0) is 13.3 Å². The van der Waals surface area contributed by atoms with Crippen molar-refractivity contribution in [3.63, 3.8) is 0 Å². The molecule has 0 aliphatic carbocycles. The van der Waals surface area contributed by atoms with E-state index in [1.165, 1.54) is 11.5 Å². The van der Waals surface area contributed by atoms with E-state index in [1.54, 1.807) is 11.3 Å². The van der Waals surface area contributed by atoms with Crippen molar-refractivity contribution in [3.05, 3.63) is 21.9 Å². The van der Waals surface area contributed by atoms with Crippen LogP contribution >= 0.6 is 22.9 Å². The molecule has 2 aromatic heterocycles. The lowest BCUT2D eigenvalue weighted by atomic mass is 10.3. The fourth-order valence-corrected chi connectivity index (χ4v) is 2.53.